The molecular formula is C22H13BrClNO4. The standard InChI is InChI=1S/C22H13BrClNO4/c23-13-6-7-17-16(10-13)20(26)18-19(12-3-1-4-14(24)9-12)25(22(27)21(18)29-17)11-15-5-2-8-28-15/h1-10,19H,11H2/t19-/m1/s1. The maximum atomic E-state index is 13.4. The summed E-state index contributed by atoms with van der Waals surface area (Å²) in [4.78, 5) is 28.3. The first-order chi connectivity index (χ1) is 14.0. The van der Waals surface area contributed by atoms with E-state index in [0.717, 1.165) is 10.0 Å². The summed E-state index contributed by atoms with van der Waals surface area (Å²) in [6, 6.07) is 15.2. The van der Waals surface area contributed by atoms with Crippen LogP contribution < -0.4 is 5.43 Å². The first kappa shape index (κ1) is 18.2. The van der Waals surface area contributed by atoms with Crippen LogP contribution in [-0.2, 0) is 6.54 Å². The number of benzene rings is 2. The van der Waals surface area contributed by atoms with Crippen molar-refractivity contribution in [2.24, 2.45) is 0 Å². The number of furan rings is 1. The van der Waals surface area contributed by atoms with Crippen molar-refractivity contribution < 1.29 is 13.6 Å². The lowest BCUT2D eigenvalue weighted by Crippen LogP contribution is -2.29. The number of nitrogens with zero attached hydrogens (tertiary/aromatic N) is 1. The second kappa shape index (κ2) is 6.90. The molecule has 5 nitrogen and oxygen atoms in total. The summed E-state index contributed by atoms with van der Waals surface area (Å²) in [5.74, 6) is 0.308. The van der Waals surface area contributed by atoms with Crippen LogP contribution >= 0.6 is 27.5 Å². The minimum atomic E-state index is -0.624. The lowest BCUT2D eigenvalue weighted by Gasteiger charge is -2.24. The highest BCUT2D eigenvalue weighted by Crippen LogP contribution is 2.39. The van der Waals surface area contributed by atoms with Crippen LogP contribution in [-0.4, -0.2) is 10.8 Å². The Hall–Kier alpha value is -2.83. The van der Waals surface area contributed by atoms with Gasteiger partial charge in [0.2, 0.25) is 5.76 Å². The second-order valence-electron chi connectivity index (χ2n) is 6.78. The van der Waals surface area contributed by atoms with Crippen LogP contribution in [0.1, 0.15) is 33.5 Å². The Balaban J connectivity index is 1.77. The van der Waals surface area contributed by atoms with Crippen molar-refractivity contribution in [3.63, 3.8) is 0 Å². The SMILES string of the molecule is O=C1c2oc3ccc(Br)cc3c(=O)c2[C@@H](c2cccc(Cl)c2)N1Cc1ccco1. The molecule has 0 fully saturated rings. The Kier molecular flexibility index (Phi) is 4.33. The Bertz CT molecular complexity index is 1310. The molecule has 0 saturated carbocycles. The molecule has 1 aliphatic heterocycles. The van der Waals surface area contributed by atoms with Gasteiger partial charge in [0, 0.05) is 9.50 Å². The lowest BCUT2D eigenvalue weighted by molar-refractivity contribution is 0.0701. The van der Waals surface area contributed by atoms with Crippen molar-refractivity contribution in [3.05, 3.63) is 103 Å². The highest BCUT2D eigenvalue weighted by atomic mass is 79.9. The van der Waals surface area contributed by atoms with Crippen molar-refractivity contribution in [1.82, 2.24) is 4.90 Å². The van der Waals surface area contributed by atoms with Gasteiger partial charge in [0.25, 0.3) is 5.91 Å². The maximum absolute atomic E-state index is 13.4. The van der Waals surface area contributed by atoms with Gasteiger partial charge in [0.1, 0.15) is 11.3 Å². The van der Waals surface area contributed by atoms with E-state index in [1.165, 1.54) is 0 Å². The monoisotopic (exact) mass is 469 g/mol. The van der Waals surface area contributed by atoms with Crippen LogP contribution in [0.5, 0.6) is 0 Å². The van der Waals surface area contributed by atoms with E-state index < -0.39 is 6.04 Å². The predicted molar refractivity (Wildman–Crippen MR) is 112 cm³/mol. The van der Waals surface area contributed by atoms with E-state index in [1.807, 2.05) is 6.07 Å². The van der Waals surface area contributed by atoms with E-state index in [2.05, 4.69) is 15.9 Å². The van der Waals surface area contributed by atoms with E-state index in [-0.39, 0.29) is 23.6 Å². The third kappa shape index (κ3) is 2.99. The summed E-state index contributed by atoms with van der Waals surface area (Å²) in [5, 5.41) is 0.937. The largest absolute Gasteiger partial charge is 0.467 e. The summed E-state index contributed by atoms with van der Waals surface area (Å²) < 4.78 is 12.1. The van der Waals surface area contributed by atoms with Gasteiger partial charge in [0.15, 0.2) is 5.43 Å². The molecule has 29 heavy (non-hydrogen) atoms. The number of carbonyl (C=O) groups excluding carboxylic acids is 1. The van der Waals surface area contributed by atoms with Crippen molar-refractivity contribution in [3.8, 4) is 0 Å². The molecule has 5 rings (SSSR count). The van der Waals surface area contributed by atoms with E-state index in [4.69, 9.17) is 20.4 Å². The summed E-state index contributed by atoms with van der Waals surface area (Å²) in [6.45, 7) is 0.201. The average Bonchev–Trinajstić information content (AvgIpc) is 3.31. The zero-order valence-corrected chi connectivity index (χ0v) is 17.2. The normalized spacial score (nSPS) is 15.9. The first-order valence-corrected chi connectivity index (χ1v) is 10.0. The van der Waals surface area contributed by atoms with Gasteiger partial charge < -0.3 is 13.7 Å². The molecule has 144 valence electrons. The van der Waals surface area contributed by atoms with Gasteiger partial charge in [-0.25, -0.2) is 0 Å². The fourth-order valence-corrected chi connectivity index (χ4v) is 4.31. The van der Waals surface area contributed by atoms with Crippen LogP contribution in [0.2, 0.25) is 5.02 Å². The second-order valence-corrected chi connectivity index (χ2v) is 8.14. The van der Waals surface area contributed by atoms with Crippen LogP contribution in [0.3, 0.4) is 0 Å². The zero-order chi connectivity index (χ0) is 20.1. The minimum absolute atomic E-state index is 0.0568. The van der Waals surface area contributed by atoms with E-state index >= 15 is 0 Å². The number of hydrogen-bond donors (Lipinski definition) is 0. The van der Waals surface area contributed by atoms with Gasteiger partial charge in [-0.15, -0.1) is 0 Å². The third-order valence-electron chi connectivity index (χ3n) is 5.00. The summed E-state index contributed by atoms with van der Waals surface area (Å²) in [7, 11) is 0. The summed E-state index contributed by atoms with van der Waals surface area (Å²) in [6.07, 6.45) is 1.55. The first-order valence-electron chi connectivity index (χ1n) is 8.88. The van der Waals surface area contributed by atoms with Gasteiger partial charge in [-0.3, -0.25) is 9.59 Å². The highest BCUT2D eigenvalue weighted by molar-refractivity contribution is 9.10. The topological polar surface area (TPSA) is 63.7 Å². The lowest BCUT2D eigenvalue weighted by atomic mass is 9.98. The smallest absolute Gasteiger partial charge is 0.291 e. The van der Waals surface area contributed by atoms with Gasteiger partial charge in [-0.2, -0.15) is 0 Å². The Morgan fingerprint density at radius 3 is 2.69 bits per heavy atom. The molecule has 0 bridgehead atoms. The zero-order valence-electron chi connectivity index (χ0n) is 14.9. The molecule has 2 aromatic carbocycles. The average molecular weight is 471 g/mol. The van der Waals surface area contributed by atoms with Gasteiger partial charge in [-0.05, 0) is 48.0 Å². The van der Waals surface area contributed by atoms with Crippen LogP contribution in [0.25, 0.3) is 11.0 Å². The molecular weight excluding hydrogens is 458 g/mol. The van der Waals surface area contributed by atoms with Crippen molar-refractivity contribution >= 4 is 44.4 Å². The number of hydrogen-bond acceptors (Lipinski definition) is 4. The molecule has 1 atom stereocenters. The molecule has 0 spiro atoms. The number of halogens is 2. The predicted octanol–water partition coefficient (Wildman–Crippen LogP) is 5.55. The molecule has 0 aliphatic carbocycles. The van der Waals surface area contributed by atoms with Crippen molar-refractivity contribution in [2.45, 2.75) is 12.6 Å². The Morgan fingerprint density at radius 2 is 1.93 bits per heavy atom. The molecule has 1 aliphatic rings. The Morgan fingerprint density at radius 1 is 1.07 bits per heavy atom. The number of carbonyl (C=O) groups is 1. The number of rotatable bonds is 3. The van der Waals surface area contributed by atoms with E-state index in [1.54, 1.807) is 59.7 Å². The molecule has 7 heteroatoms. The van der Waals surface area contributed by atoms with Crippen LogP contribution in [0.4, 0.5) is 0 Å². The molecule has 0 N–H and O–H groups in total. The summed E-state index contributed by atoms with van der Waals surface area (Å²) in [5.41, 5.74) is 1.19. The quantitative estimate of drug-likeness (QED) is 0.394. The molecule has 2 aromatic heterocycles. The summed E-state index contributed by atoms with van der Waals surface area (Å²) >= 11 is 9.60. The van der Waals surface area contributed by atoms with E-state index in [0.29, 0.717) is 27.3 Å². The molecule has 4 aromatic rings. The van der Waals surface area contributed by atoms with Gasteiger partial charge in [0.05, 0.1) is 29.8 Å². The molecule has 0 unspecified atom stereocenters. The molecule has 1 amide bonds. The molecule has 0 saturated heterocycles. The Labute approximate surface area is 178 Å². The fraction of sp³-hybridized carbons (Fsp3) is 0.0909. The maximum Gasteiger partial charge on any atom is 0.291 e. The third-order valence-corrected chi connectivity index (χ3v) is 5.73. The fourth-order valence-electron chi connectivity index (χ4n) is 3.75. The number of amides is 1. The van der Waals surface area contributed by atoms with Crippen LogP contribution in [0.15, 0.2) is 79.0 Å². The van der Waals surface area contributed by atoms with E-state index in [9.17, 15) is 9.59 Å². The molecule has 3 heterocycles. The van der Waals surface area contributed by atoms with Gasteiger partial charge in [-0.1, -0.05) is 39.7 Å². The van der Waals surface area contributed by atoms with Gasteiger partial charge >= 0.3 is 0 Å². The molecule has 0 radical (unpaired) electrons. The van der Waals surface area contributed by atoms with Crippen LogP contribution in [0, 0.1) is 0 Å². The minimum Gasteiger partial charge on any atom is -0.467 e. The number of fused-ring (bicyclic) bond motifs is 2. The highest BCUT2D eigenvalue weighted by Gasteiger charge is 2.43. The van der Waals surface area contributed by atoms with Crippen molar-refractivity contribution in [2.75, 3.05) is 0 Å². The van der Waals surface area contributed by atoms with Crippen molar-refractivity contribution in [1.29, 1.82) is 0 Å².